The number of aliphatic hydroxyl groups is 1. The normalized spacial score (nSPS) is 11.6. The van der Waals surface area contributed by atoms with Gasteiger partial charge in [0.15, 0.2) is 5.82 Å². The molecule has 0 fully saturated rings. The van der Waals surface area contributed by atoms with Crippen molar-refractivity contribution in [1.29, 1.82) is 0 Å². The van der Waals surface area contributed by atoms with Crippen LogP contribution in [-0.4, -0.2) is 40.1 Å². The maximum Gasteiger partial charge on any atom is 0.266 e. The van der Waals surface area contributed by atoms with Gasteiger partial charge in [0.05, 0.1) is 24.5 Å². The van der Waals surface area contributed by atoms with Gasteiger partial charge in [-0.15, -0.1) is 0 Å². The fourth-order valence-electron chi connectivity index (χ4n) is 1.97. The van der Waals surface area contributed by atoms with Gasteiger partial charge in [-0.2, -0.15) is 10.2 Å². The largest absolute Gasteiger partial charge is 0.394 e. The summed E-state index contributed by atoms with van der Waals surface area (Å²) in [6.07, 6.45) is 0. The zero-order valence-corrected chi connectivity index (χ0v) is 12.3. The van der Waals surface area contributed by atoms with E-state index in [1.165, 1.54) is 16.8 Å². The fraction of sp³-hybridized carbons (Fsp3) is 0.364. The Morgan fingerprint density at radius 3 is 2.67 bits per heavy atom. The average Bonchev–Trinajstić information content (AvgIpc) is 2.68. The first-order valence-corrected chi connectivity index (χ1v) is 7.57. The van der Waals surface area contributed by atoms with Crippen LogP contribution in [0, 0.1) is 13.8 Å². The highest BCUT2D eigenvalue weighted by Gasteiger charge is 2.25. The van der Waals surface area contributed by atoms with E-state index in [4.69, 9.17) is 5.11 Å². The first-order valence-electron chi connectivity index (χ1n) is 6.08. The predicted molar refractivity (Wildman–Crippen MR) is 74.5 cm³/mol. The zero-order valence-electron chi connectivity index (χ0n) is 11.5. The molecule has 0 radical (unpaired) electrons. The summed E-state index contributed by atoms with van der Waals surface area (Å²) in [5, 5.41) is 18.8. The number of sulfonamides is 1. The van der Waals surface area contributed by atoms with E-state index in [1.54, 1.807) is 13.8 Å². The molecule has 0 amide bonds. The second-order valence-electron chi connectivity index (χ2n) is 4.36. The number of hydrogen-bond acceptors (Lipinski definition) is 6. The number of aryl methyl sites for hydroxylation is 1. The highest BCUT2D eigenvalue weighted by molar-refractivity contribution is 7.92. The number of nitrogens with zero attached hydrogens (tertiary/aromatic N) is 3. The van der Waals surface area contributed by atoms with Gasteiger partial charge in [-0.3, -0.25) is 14.2 Å². The lowest BCUT2D eigenvalue weighted by Gasteiger charge is -2.07. The fourth-order valence-corrected chi connectivity index (χ4v) is 3.39. The Balaban J connectivity index is 2.40. The topological polar surface area (TPSA) is 130 Å². The maximum absolute atomic E-state index is 12.4. The molecule has 0 aliphatic heterocycles. The van der Waals surface area contributed by atoms with Crippen molar-refractivity contribution in [3.63, 3.8) is 0 Å². The Morgan fingerprint density at radius 1 is 1.38 bits per heavy atom. The molecule has 0 bridgehead atoms. The summed E-state index contributed by atoms with van der Waals surface area (Å²) >= 11 is 0. The summed E-state index contributed by atoms with van der Waals surface area (Å²) in [6.45, 7) is 3.23. The van der Waals surface area contributed by atoms with Crippen molar-refractivity contribution in [3.8, 4) is 0 Å². The molecule has 21 heavy (non-hydrogen) atoms. The van der Waals surface area contributed by atoms with E-state index >= 15 is 0 Å². The van der Waals surface area contributed by atoms with Crippen molar-refractivity contribution >= 4 is 15.8 Å². The molecule has 2 rings (SSSR count). The van der Waals surface area contributed by atoms with Gasteiger partial charge in [-0.05, 0) is 19.9 Å². The summed E-state index contributed by atoms with van der Waals surface area (Å²) in [5.41, 5.74) is 0.303. The quantitative estimate of drug-likeness (QED) is 0.674. The van der Waals surface area contributed by atoms with Crippen molar-refractivity contribution in [3.05, 3.63) is 33.9 Å². The molecule has 2 heterocycles. The third-order valence-corrected chi connectivity index (χ3v) is 4.42. The smallest absolute Gasteiger partial charge is 0.266 e. The minimum absolute atomic E-state index is 0.00306. The van der Waals surface area contributed by atoms with Crippen LogP contribution in [0.4, 0.5) is 5.82 Å². The molecule has 0 unspecified atom stereocenters. The first kappa shape index (κ1) is 15.2. The molecule has 0 saturated carbocycles. The standard InChI is InChI=1S/C11H15N5O4S/c1-7-11(8(2)16(14-7)5-6-17)21(19,20)15-9-3-4-10(18)13-12-9/h3-4,17H,5-6H2,1-2H3,(H,12,15)(H,13,18). The highest BCUT2D eigenvalue weighted by Crippen LogP contribution is 2.21. The van der Waals surface area contributed by atoms with Crippen LogP contribution in [0.2, 0.25) is 0 Å². The van der Waals surface area contributed by atoms with Gasteiger partial charge in [0.25, 0.3) is 15.6 Å². The van der Waals surface area contributed by atoms with Crippen LogP contribution in [0.25, 0.3) is 0 Å². The van der Waals surface area contributed by atoms with Crippen LogP contribution < -0.4 is 10.3 Å². The van der Waals surface area contributed by atoms with Gasteiger partial charge in [0.1, 0.15) is 4.90 Å². The maximum atomic E-state index is 12.4. The van der Waals surface area contributed by atoms with Gasteiger partial charge in [0.2, 0.25) is 0 Å². The van der Waals surface area contributed by atoms with Crippen molar-refractivity contribution in [1.82, 2.24) is 20.0 Å². The highest BCUT2D eigenvalue weighted by atomic mass is 32.2. The van der Waals surface area contributed by atoms with E-state index in [0.717, 1.165) is 0 Å². The van der Waals surface area contributed by atoms with Gasteiger partial charge in [-0.25, -0.2) is 13.5 Å². The molecule has 9 nitrogen and oxygen atoms in total. The lowest BCUT2D eigenvalue weighted by atomic mass is 10.4. The van der Waals surface area contributed by atoms with Gasteiger partial charge < -0.3 is 5.11 Å². The van der Waals surface area contributed by atoms with Crippen LogP contribution in [-0.2, 0) is 16.6 Å². The van der Waals surface area contributed by atoms with E-state index in [1.807, 2.05) is 0 Å². The van der Waals surface area contributed by atoms with Crippen molar-refractivity contribution in [2.45, 2.75) is 25.3 Å². The molecule has 2 aromatic rings. The van der Waals surface area contributed by atoms with E-state index in [2.05, 4.69) is 20.0 Å². The lowest BCUT2D eigenvalue weighted by molar-refractivity contribution is 0.267. The zero-order chi connectivity index (χ0) is 15.6. The number of aromatic amines is 1. The molecule has 0 aromatic carbocycles. The van der Waals surface area contributed by atoms with Crippen LogP contribution in [0.15, 0.2) is 21.8 Å². The van der Waals surface area contributed by atoms with E-state index in [0.29, 0.717) is 11.4 Å². The van der Waals surface area contributed by atoms with Crippen LogP contribution in [0.1, 0.15) is 11.4 Å². The summed E-state index contributed by atoms with van der Waals surface area (Å²) in [4.78, 5) is 10.9. The van der Waals surface area contributed by atoms with Crippen molar-refractivity contribution < 1.29 is 13.5 Å². The molecular weight excluding hydrogens is 298 g/mol. The minimum atomic E-state index is -3.88. The average molecular weight is 313 g/mol. The number of rotatable bonds is 5. The monoisotopic (exact) mass is 313 g/mol. The summed E-state index contributed by atoms with van der Waals surface area (Å²) < 4.78 is 28.5. The second-order valence-corrected chi connectivity index (χ2v) is 5.98. The summed E-state index contributed by atoms with van der Waals surface area (Å²) in [7, 11) is -3.88. The third-order valence-electron chi connectivity index (χ3n) is 2.81. The molecule has 2 aromatic heterocycles. The Morgan fingerprint density at radius 2 is 2.10 bits per heavy atom. The van der Waals surface area contributed by atoms with Crippen molar-refractivity contribution in [2.24, 2.45) is 0 Å². The number of anilines is 1. The van der Waals surface area contributed by atoms with Crippen LogP contribution >= 0.6 is 0 Å². The first-order chi connectivity index (χ1) is 9.85. The number of aliphatic hydroxyl groups excluding tert-OH is 1. The molecule has 0 saturated heterocycles. The predicted octanol–water partition coefficient (Wildman–Crippen LogP) is -0.624. The number of aromatic nitrogens is 4. The number of H-pyrrole nitrogens is 1. The molecule has 3 N–H and O–H groups in total. The molecule has 0 atom stereocenters. The molecular formula is C11H15N5O4S. The number of hydrogen-bond donors (Lipinski definition) is 3. The molecule has 0 aliphatic carbocycles. The number of nitrogens with one attached hydrogen (secondary N) is 2. The Hall–Kier alpha value is -2.20. The minimum Gasteiger partial charge on any atom is -0.394 e. The summed E-state index contributed by atoms with van der Waals surface area (Å²) in [5.74, 6) is 0.00306. The van der Waals surface area contributed by atoms with Gasteiger partial charge in [-0.1, -0.05) is 0 Å². The van der Waals surface area contributed by atoms with Gasteiger partial charge in [0, 0.05) is 6.07 Å². The lowest BCUT2D eigenvalue weighted by Crippen LogP contribution is -2.18. The Bertz CT molecular complexity index is 788. The Labute approximate surface area is 120 Å². The summed E-state index contributed by atoms with van der Waals surface area (Å²) in [6, 6.07) is 2.43. The van der Waals surface area contributed by atoms with Crippen molar-refractivity contribution in [2.75, 3.05) is 11.3 Å². The SMILES string of the molecule is Cc1nn(CCO)c(C)c1S(=O)(=O)Nc1ccc(=O)[nH]n1. The molecule has 10 heteroatoms. The second kappa shape index (κ2) is 5.66. The molecule has 114 valence electrons. The Kier molecular flexibility index (Phi) is 4.09. The van der Waals surface area contributed by atoms with E-state index < -0.39 is 15.6 Å². The molecule has 0 aliphatic rings. The van der Waals surface area contributed by atoms with E-state index in [9.17, 15) is 13.2 Å². The third kappa shape index (κ3) is 3.11. The van der Waals surface area contributed by atoms with Gasteiger partial charge >= 0.3 is 0 Å². The molecule has 0 spiro atoms. The van der Waals surface area contributed by atoms with Crippen LogP contribution in [0.3, 0.4) is 0 Å². The van der Waals surface area contributed by atoms with E-state index in [-0.39, 0.29) is 23.9 Å². The van der Waals surface area contributed by atoms with Crippen LogP contribution in [0.5, 0.6) is 0 Å².